The molecule has 0 heterocycles. The molecule has 0 unspecified atom stereocenters. The summed E-state index contributed by atoms with van der Waals surface area (Å²) in [7, 11) is 1.91. The molecule has 0 aliphatic heterocycles. The van der Waals surface area contributed by atoms with Gasteiger partial charge in [0.15, 0.2) is 0 Å². The van der Waals surface area contributed by atoms with Crippen molar-refractivity contribution in [1.29, 1.82) is 0 Å². The van der Waals surface area contributed by atoms with Crippen molar-refractivity contribution in [3.05, 3.63) is 34.3 Å². The SMILES string of the molecule is CN(Cc1ccccc1Br)C(=O)C1CCCCC1. The molecule has 0 saturated heterocycles. The van der Waals surface area contributed by atoms with Gasteiger partial charge in [0.25, 0.3) is 0 Å². The zero-order valence-corrected chi connectivity index (χ0v) is 12.4. The van der Waals surface area contributed by atoms with E-state index in [1.54, 1.807) is 0 Å². The summed E-state index contributed by atoms with van der Waals surface area (Å²) in [5, 5.41) is 0. The van der Waals surface area contributed by atoms with Gasteiger partial charge in [-0.05, 0) is 24.5 Å². The van der Waals surface area contributed by atoms with Gasteiger partial charge in [0, 0.05) is 24.0 Å². The van der Waals surface area contributed by atoms with Crippen LogP contribution in [0.1, 0.15) is 37.7 Å². The Hall–Kier alpha value is -0.830. The van der Waals surface area contributed by atoms with Crippen LogP contribution in [0.3, 0.4) is 0 Å². The maximum Gasteiger partial charge on any atom is 0.225 e. The molecule has 1 aliphatic carbocycles. The molecule has 0 radical (unpaired) electrons. The zero-order chi connectivity index (χ0) is 13.0. The molecule has 2 rings (SSSR count). The summed E-state index contributed by atoms with van der Waals surface area (Å²) in [6.07, 6.45) is 5.84. The Morgan fingerprint density at radius 2 is 1.94 bits per heavy atom. The van der Waals surface area contributed by atoms with E-state index in [4.69, 9.17) is 0 Å². The molecule has 1 amide bonds. The second-order valence-electron chi connectivity index (χ2n) is 5.12. The van der Waals surface area contributed by atoms with Gasteiger partial charge >= 0.3 is 0 Å². The number of benzene rings is 1. The Kier molecular flexibility index (Phi) is 4.81. The maximum absolute atomic E-state index is 12.3. The highest BCUT2D eigenvalue weighted by Gasteiger charge is 2.24. The Morgan fingerprint density at radius 3 is 2.61 bits per heavy atom. The van der Waals surface area contributed by atoms with E-state index in [1.807, 2.05) is 30.1 Å². The molecule has 1 aromatic rings. The van der Waals surface area contributed by atoms with Crippen LogP contribution in [-0.2, 0) is 11.3 Å². The summed E-state index contributed by atoms with van der Waals surface area (Å²) in [4.78, 5) is 14.2. The monoisotopic (exact) mass is 309 g/mol. The van der Waals surface area contributed by atoms with Crippen LogP contribution in [0.25, 0.3) is 0 Å². The zero-order valence-electron chi connectivity index (χ0n) is 10.9. The van der Waals surface area contributed by atoms with Crippen molar-refractivity contribution in [2.24, 2.45) is 5.92 Å². The second-order valence-corrected chi connectivity index (χ2v) is 5.97. The maximum atomic E-state index is 12.3. The summed E-state index contributed by atoms with van der Waals surface area (Å²) in [6.45, 7) is 0.691. The number of amides is 1. The van der Waals surface area contributed by atoms with Crippen molar-refractivity contribution in [3.8, 4) is 0 Å². The number of hydrogen-bond donors (Lipinski definition) is 0. The molecule has 0 aromatic heterocycles. The normalized spacial score (nSPS) is 16.6. The second kappa shape index (κ2) is 6.37. The lowest BCUT2D eigenvalue weighted by atomic mass is 9.88. The molecule has 0 bridgehead atoms. The molecule has 1 aliphatic rings. The van der Waals surface area contributed by atoms with Crippen molar-refractivity contribution < 1.29 is 4.79 Å². The summed E-state index contributed by atoms with van der Waals surface area (Å²) in [6, 6.07) is 8.10. The number of nitrogens with zero attached hydrogens (tertiary/aromatic N) is 1. The first kappa shape index (κ1) is 13.6. The minimum atomic E-state index is 0.256. The van der Waals surface area contributed by atoms with E-state index in [-0.39, 0.29) is 5.92 Å². The summed E-state index contributed by atoms with van der Waals surface area (Å²) < 4.78 is 1.08. The highest BCUT2D eigenvalue weighted by atomic mass is 79.9. The summed E-state index contributed by atoms with van der Waals surface area (Å²) >= 11 is 3.53. The molecule has 1 saturated carbocycles. The van der Waals surface area contributed by atoms with Crippen LogP contribution in [0.4, 0.5) is 0 Å². The Morgan fingerprint density at radius 1 is 1.28 bits per heavy atom. The average molecular weight is 310 g/mol. The molecule has 98 valence electrons. The van der Waals surface area contributed by atoms with Crippen LogP contribution >= 0.6 is 15.9 Å². The summed E-state index contributed by atoms with van der Waals surface area (Å²) in [5.74, 6) is 0.566. The molecule has 1 fully saturated rings. The first-order valence-electron chi connectivity index (χ1n) is 6.67. The third kappa shape index (κ3) is 3.35. The molecular weight excluding hydrogens is 290 g/mol. The minimum absolute atomic E-state index is 0.256. The van der Waals surface area contributed by atoms with Crippen LogP contribution < -0.4 is 0 Å². The van der Waals surface area contributed by atoms with Gasteiger partial charge in [-0.2, -0.15) is 0 Å². The van der Waals surface area contributed by atoms with Crippen LogP contribution in [0, 0.1) is 5.92 Å². The lowest BCUT2D eigenvalue weighted by molar-refractivity contribution is -0.135. The Bertz CT molecular complexity index is 413. The third-order valence-corrected chi connectivity index (χ3v) is 4.47. The van der Waals surface area contributed by atoms with Gasteiger partial charge in [-0.1, -0.05) is 53.4 Å². The van der Waals surface area contributed by atoms with Gasteiger partial charge in [0.1, 0.15) is 0 Å². The van der Waals surface area contributed by atoms with Crippen molar-refractivity contribution in [1.82, 2.24) is 4.90 Å². The summed E-state index contributed by atoms with van der Waals surface area (Å²) in [5.41, 5.74) is 1.17. The molecule has 0 spiro atoms. The number of hydrogen-bond acceptors (Lipinski definition) is 1. The predicted molar refractivity (Wildman–Crippen MR) is 77.2 cm³/mol. The first-order valence-corrected chi connectivity index (χ1v) is 7.46. The first-order chi connectivity index (χ1) is 8.68. The van der Waals surface area contributed by atoms with Crippen molar-refractivity contribution >= 4 is 21.8 Å². The van der Waals surface area contributed by atoms with Gasteiger partial charge in [-0.3, -0.25) is 4.79 Å². The van der Waals surface area contributed by atoms with E-state index in [2.05, 4.69) is 22.0 Å². The average Bonchev–Trinajstić information content (AvgIpc) is 2.41. The lowest BCUT2D eigenvalue weighted by Gasteiger charge is -2.26. The van der Waals surface area contributed by atoms with E-state index in [0.717, 1.165) is 17.3 Å². The van der Waals surface area contributed by atoms with Gasteiger partial charge in [-0.25, -0.2) is 0 Å². The molecule has 0 N–H and O–H groups in total. The Balaban J connectivity index is 1.96. The van der Waals surface area contributed by atoms with Crippen LogP contribution in [0.5, 0.6) is 0 Å². The van der Waals surface area contributed by atoms with Crippen LogP contribution in [0.2, 0.25) is 0 Å². The molecule has 1 aromatic carbocycles. The smallest absolute Gasteiger partial charge is 0.225 e. The van der Waals surface area contributed by atoms with E-state index < -0.39 is 0 Å². The fraction of sp³-hybridized carbons (Fsp3) is 0.533. The van der Waals surface area contributed by atoms with Crippen molar-refractivity contribution in [3.63, 3.8) is 0 Å². The number of rotatable bonds is 3. The molecule has 2 nitrogen and oxygen atoms in total. The number of halogens is 1. The fourth-order valence-corrected chi connectivity index (χ4v) is 3.03. The van der Waals surface area contributed by atoms with Gasteiger partial charge < -0.3 is 4.90 Å². The Labute approximate surface area is 117 Å². The van der Waals surface area contributed by atoms with Crippen LogP contribution in [-0.4, -0.2) is 17.9 Å². The fourth-order valence-electron chi connectivity index (χ4n) is 2.62. The highest BCUT2D eigenvalue weighted by Crippen LogP contribution is 2.26. The van der Waals surface area contributed by atoms with E-state index in [9.17, 15) is 4.79 Å². The van der Waals surface area contributed by atoms with E-state index in [1.165, 1.54) is 24.8 Å². The number of carbonyl (C=O) groups is 1. The largest absolute Gasteiger partial charge is 0.341 e. The van der Waals surface area contributed by atoms with Gasteiger partial charge in [0.2, 0.25) is 5.91 Å². The molecular formula is C15H20BrNO. The molecule has 3 heteroatoms. The predicted octanol–water partition coefficient (Wildman–Crippen LogP) is 3.99. The van der Waals surface area contributed by atoms with Crippen molar-refractivity contribution in [2.45, 2.75) is 38.6 Å². The molecule has 18 heavy (non-hydrogen) atoms. The lowest BCUT2D eigenvalue weighted by Crippen LogP contribution is -2.33. The minimum Gasteiger partial charge on any atom is -0.341 e. The topological polar surface area (TPSA) is 20.3 Å². The van der Waals surface area contributed by atoms with Crippen molar-refractivity contribution in [2.75, 3.05) is 7.05 Å². The number of carbonyl (C=O) groups excluding carboxylic acids is 1. The molecule has 0 atom stereocenters. The van der Waals surface area contributed by atoms with Crippen LogP contribution in [0.15, 0.2) is 28.7 Å². The van der Waals surface area contributed by atoms with Gasteiger partial charge in [-0.15, -0.1) is 0 Å². The highest BCUT2D eigenvalue weighted by molar-refractivity contribution is 9.10. The standard InChI is InChI=1S/C15H20BrNO/c1-17(11-13-9-5-6-10-14(13)16)15(18)12-7-3-2-4-8-12/h5-6,9-10,12H,2-4,7-8,11H2,1H3. The van der Waals surface area contributed by atoms with E-state index in [0.29, 0.717) is 12.5 Å². The quantitative estimate of drug-likeness (QED) is 0.827. The third-order valence-electron chi connectivity index (χ3n) is 3.70. The van der Waals surface area contributed by atoms with Gasteiger partial charge in [0.05, 0.1) is 0 Å². The van der Waals surface area contributed by atoms with E-state index >= 15 is 0 Å².